The number of likely N-dealkylation sites (tertiary alicyclic amines) is 1. The molecule has 1 aliphatic rings. The summed E-state index contributed by atoms with van der Waals surface area (Å²) in [6.45, 7) is 2.20. The highest BCUT2D eigenvalue weighted by atomic mass is 19.1. The number of carbonyl (C=O) groups is 1. The van der Waals surface area contributed by atoms with Gasteiger partial charge in [-0.2, -0.15) is 9.78 Å². The van der Waals surface area contributed by atoms with Crippen LogP contribution in [0.5, 0.6) is 23.0 Å². The van der Waals surface area contributed by atoms with Gasteiger partial charge in [0.15, 0.2) is 23.1 Å². The van der Waals surface area contributed by atoms with E-state index in [1.807, 2.05) is 6.07 Å². The van der Waals surface area contributed by atoms with E-state index in [2.05, 4.69) is 39.3 Å². The van der Waals surface area contributed by atoms with Crippen molar-refractivity contribution in [2.45, 2.75) is 19.0 Å². The minimum absolute atomic E-state index is 0.0652. The fraction of sp³-hybridized carbons (Fsp3) is 0.257. The molecule has 1 fully saturated rings. The van der Waals surface area contributed by atoms with Gasteiger partial charge in [0.25, 0.3) is 11.5 Å². The van der Waals surface area contributed by atoms with E-state index >= 15 is 4.39 Å². The second kappa shape index (κ2) is 13.6. The van der Waals surface area contributed by atoms with Crippen molar-refractivity contribution in [1.29, 1.82) is 0 Å². The number of carbonyl (C=O) groups excluding carboxylic acids is 1. The molecular weight excluding hydrogens is 603 g/mol. The highest BCUT2D eigenvalue weighted by molar-refractivity contribution is 6.04. The molecule has 0 spiro atoms. The van der Waals surface area contributed by atoms with Crippen molar-refractivity contribution in [2.75, 3.05) is 46.7 Å². The molecule has 1 aliphatic heterocycles. The fourth-order valence-corrected chi connectivity index (χ4v) is 5.65. The van der Waals surface area contributed by atoms with Crippen molar-refractivity contribution in [1.82, 2.24) is 24.6 Å². The van der Waals surface area contributed by atoms with E-state index in [9.17, 15) is 9.59 Å². The van der Waals surface area contributed by atoms with Crippen LogP contribution in [0.25, 0.3) is 16.6 Å². The van der Waals surface area contributed by atoms with Gasteiger partial charge in [0.1, 0.15) is 11.3 Å². The maximum atomic E-state index is 15.4. The Kier molecular flexibility index (Phi) is 9.14. The lowest BCUT2D eigenvalue weighted by Gasteiger charge is -2.20. The Morgan fingerprint density at radius 3 is 2.45 bits per heavy atom. The second-order valence-electron chi connectivity index (χ2n) is 11.5. The monoisotopic (exact) mass is 638 g/mol. The van der Waals surface area contributed by atoms with Gasteiger partial charge in [-0.15, -0.1) is 0 Å². The van der Waals surface area contributed by atoms with Crippen LogP contribution >= 0.6 is 0 Å². The number of fused-ring (bicyclic) bond motifs is 1. The lowest BCUT2D eigenvalue weighted by atomic mass is 10.1. The van der Waals surface area contributed by atoms with Crippen LogP contribution in [0.15, 0.2) is 83.8 Å². The minimum Gasteiger partial charge on any atom is -0.493 e. The van der Waals surface area contributed by atoms with Crippen LogP contribution < -0.4 is 25.1 Å². The number of rotatable bonds is 10. The number of amides is 1. The molecule has 3 heterocycles. The van der Waals surface area contributed by atoms with Crippen LogP contribution in [0.2, 0.25) is 0 Å². The van der Waals surface area contributed by atoms with Gasteiger partial charge in [-0.1, -0.05) is 18.2 Å². The molecular formula is C35H35FN6O5. The highest BCUT2D eigenvalue weighted by Gasteiger charge is 2.26. The van der Waals surface area contributed by atoms with E-state index in [1.165, 1.54) is 37.1 Å². The zero-order valence-corrected chi connectivity index (χ0v) is 26.6. The number of hydrogen-bond donors (Lipinski definition) is 1. The summed E-state index contributed by atoms with van der Waals surface area (Å²) in [6.07, 6.45) is 2.57. The largest absolute Gasteiger partial charge is 0.493 e. The average Bonchev–Trinajstić information content (AvgIpc) is 3.55. The highest BCUT2D eigenvalue weighted by Crippen LogP contribution is 2.37. The number of halogens is 1. The topological polar surface area (TPSA) is 111 Å². The van der Waals surface area contributed by atoms with Crippen LogP contribution in [0.4, 0.5) is 10.1 Å². The van der Waals surface area contributed by atoms with Crippen LogP contribution in [-0.4, -0.2) is 77.9 Å². The standard InChI is InChI=1S/C35H35FN6O5/c1-40(2)25-13-15-41(21-25)20-23-16-27(35(44)42(39-23)24-8-6-5-7-9-24)34(43)38-22-10-11-31(28(36)17-22)47-30-12-14-37-29-19-33(46-4)32(45-3)18-26(29)30/h5-12,14,16-19,25H,13,15,20-21H2,1-4H3,(H,38,43)/t25-/m1/s1. The molecule has 0 saturated carbocycles. The molecule has 0 aliphatic carbocycles. The summed E-state index contributed by atoms with van der Waals surface area (Å²) in [7, 11) is 7.16. The number of methoxy groups -OCH3 is 2. The van der Waals surface area contributed by atoms with Gasteiger partial charge in [-0.05, 0) is 63.0 Å². The van der Waals surface area contributed by atoms with E-state index in [-0.39, 0.29) is 17.0 Å². The van der Waals surface area contributed by atoms with Gasteiger partial charge in [0.2, 0.25) is 0 Å². The third-order valence-electron chi connectivity index (χ3n) is 8.19. The zero-order chi connectivity index (χ0) is 33.1. The average molecular weight is 639 g/mol. The van der Waals surface area contributed by atoms with Crippen LogP contribution in [0, 0.1) is 5.82 Å². The number of hydrogen-bond acceptors (Lipinski definition) is 9. The van der Waals surface area contributed by atoms with Crippen molar-refractivity contribution in [2.24, 2.45) is 0 Å². The van der Waals surface area contributed by atoms with Crippen LogP contribution in [-0.2, 0) is 6.54 Å². The predicted octanol–water partition coefficient (Wildman–Crippen LogP) is 5.12. The van der Waals surface area contributed by atoms with E-state index < -0.39 is 17.3 Å². The summed E-state index contributed by atoms with van der Waals surface area (Å²) in [6, 6.07) is 20.0. The Balaban J connectivity index is 1.26. The van der Waals surface area contributed by atoms with Gasteiger partial charge < -0.3 is 24.4 Å². The van der Waals surface area contributed by atoms with Crippen LogP contribution in [0.1, 0.15) is 22.5 Å². The SMILES string of the molecule is COc1cc2nccc(Oc3ccc(NC(=O)c4cc(CN5CC[C@@H](N(C)C)C5)nn(-c5ccccc5)c4=O)cc3F)c2cc1OC. The van der Waals surface area contributed by atoms with Crippen molar-refractivity contribution < 1.29 is 23.4 Å². The molecule has 0 bridgehead atoms. The van der Waals surface area contributed by atoms with Gasteiger partial charge in [-0.25, -0.2) is 4.39 Å². The summed E-state index contributed by atoms with van der Waals surface area (Å²) in [5.74, 6) is -0.126. The van der Waals surface area contributed by atoms with Gasteiger partial charge in [-0.3, -0.25) is 19.5 Å². The molecule has 6 rings (SSSR count). The number of benzene rings is 3. The Morgan fingerprint density at radius 1 is 0.979 bits per heavy atom. The summed E-state index contributed by atoms with van der Waals surface area (Å²) in [5, 5.41) is 7.87. The molecule has 1 N–H and O–H groups in total. The fourth-order valence-electron chi connectivity index (χ4n) is 5.65. The van der Waals surface area contributed by atoms with Gasteiger partial charge in [0.05, 0.1) is 31.1 Å². The molecule has 0 radical (unpaired) electrons. The first-order valence-electron chi connectivity index (χ1n) is 15.1. The number of likely N-dealkylation sites (N-methyl/N-ethyl adjacent to an activating group) is 1. The summed E-state index contributed by atoms with van der Waals surface area (Å²) in [5.41, 5.74) is 1.16. The Morgan fingerprint density at radius 2 is 1.74 bits per heavy atom. The molecule has 1 amide bonds. The summed E-state index contributed by atoms with van der Waals surface area (Å²) in [4.78, 5) is 35.9. The maximum Gasteiger partial charge on any atom is 0.284 e. The number of ether oxygens (including phenoxy) is 3. The molecule has 3 aromatic carbocycles. The number of nitrogens with zero attached hydrogens (tertiary/aromatic N) is 5. The van der Waals surface area contributed by atoms with Gasteiger partial charge in [0, 0.05) is 55.1 Å². The third kappa shape index (κ3) is 6.79. The van der Waals surface area contributed by atoms with E-state index in [0.717, 1.165) is 25.6 Å². The second-order valence-corrected chi connectivity index (χ2v) is 11.5. The number of anilines is 1. The first-order chi connectivity index (χ1) is 22.7. The quantitative estimate of drug-likeness (QED) is 0.223. The van der Waals surface area contributed by atoms with Crippen LogP contribution in [0.3, 0.4) is 0 Å². The Hall–Kier alpha value is -5.33. The molecule has 5 aromatic rings. The molecule has 47 heavy (non-hydrogen) atoms. The van der Waals surface area contributed by atoms with Crippen molar-refractivity contribution in [3.05, 3.63) is 106 Å². The van der Waals surface area contributed by atoms with Gasteiger partial charge >= 0.3 is 0 Å². The minimum atomic E-state index is -0.713. The normalized spacial score (nSPS) is 14.8. The lowest BCUT2D eigenvalue weighted by molar-refractivity contribution is 0.102. The lowest BCUT2D eigenvalue weighted by Crippen LogP contribution is -2.33. The molecule has 1 atom stereocenters. The first-order valence-corrected chi connectivity index (χ1v) is 15.1. The van der Waals surface area contributed by atoms with Crippen molar-refractivity contribution in [3.63, 3.8) is 0 Å². The molecule has 12 heteroatoms. The smallest absolute Gasteiger partial charge is 0.284 e. The Bertz CT molecular complexity index is 1980. The summed E-state index contributed by atoms with van der Waals surface area (Å²) < 4.78 is 33.3. The number of pyridine rings is 1. The summed E-state index contributed by atoms with van der Waals surface area (Å²) >= 11 is 0. The molecule has 11 nitrogen and oxygen atoms in total. The van der Waals surface area contributed by atoms with Crippen molar-refractivity contribution >= 4 is 22.5 Å². The predicted molar refractivity (Wildman–Crippen MR) is 176 cm³/mol. The molecule has 2 aromatic heterocycles. The Labute approximate surface area is 271 Å². The first kappa shape index (κ1) is 31.6. The maximum absolute atomic E-state index is 15.4. The number of nitrogens with one attached hydrogen (secondary N) is 1. The number of para-hydroxylation sites is 1. The van der Waals surface area contributed by atoms with E-state index in [1.54, 1.807) is 48.7 Å². The zero-order valence-electron chi connectivity index (χ0n) is 26.6. The van der Waals surface area contributed by atoms with E-state index in [4.69, 9.17) is 14.2 Å². The third-order valence-corrected chi connectivity index (χ3v) is 8.19. The molecule has 0 unspecified atom stereocenters. The van der Waals surface area contributed by atoms with Crippen molar-refractivity contribution in [3.8, 4) is 28.7 Å². The number of aromatic nitrogens is 3. The molecule has 242 valence electrons. The molecule has 1 saturated heterocycles. The van der Waals surface area contributed by atoms with E-state index in [0.29, 0.717) is 52.1 Å².